The molecule has 1 amide bonds. The van der Waals surface area contributed by atoms with Crippen LogP contribution in [0.3, 0.4) is 0 Å². The summed E-state index contributed by atoms with van der Waals surface area (Å²) in [6.07, 6.45) is 2.35. The van der Waals surface area contributed by atoms with Crippen LogP contribution in [0.4, 0.5) is 0 Å². The second kappa shape index (κ2) is 6.94. The van der Waals surface area contributed by atoms with Crippen LogP contribution in [0.1, 0.15) is 31.7 Å². The lowest BCUT2D eigenvalue weighted by molar-refractivity contribution is -0.153. The summed E-state index contributed by atoms with van der Waals surface area (Å²) in [5, 5.41) is 9.95. The lowest BCUT2D eigenvalue weighted by Crippen LogP contribution is -2.49. The van der Waals surface area contributed by atoms with Gasteiger partial charge in [0.25, 0.3) is 0 Å². The molecule has 1 N–H and O–H groups in total. The van der Waals surface area contributed by atoms with Crippen molar-refractivity contribution in [3.63, 3.8) is 0 Å². The minimum absolute atomic E-state index is 0.0794. The number of aliphatic carboxylic acids is 1. The first-order chi connectivity index (χ1) is 9.97. The van der Waals surface area contributed by atoms with E-state index in [1.807, 2.05) is 19.1 Å². The molecule has 0 aliphatic carbocycles. The van der Waals surface area contributed by atoms with Gasteiger partial charge in [0.15, 0.2) is 0 Å². The van der Waals surface area contributed by atoms with Crippen molar-refractivity contribution in [3.8, 4) is 0 Å². The van der Waals surface area contributed by atoms with Crippen LogP contribution >= 0.6 is 11.6 Å². The minimum Gasteiger partial charge on any atom is -0.480 e. The van der Waals surface area contributed by atoms with Crippen molar-refractivity contribution >= 4 is 23.5 Å². The maximum Gasteiger partial charge on any atom is 0.326 e. The van der Waals surface area contributed by atoms with Crippen LogP contribution in [0.2, 0.25) is 5.02 Å². The van der Waals surface area contributed by atoms with Gasteiger partial charge in [-0.15, -0.1) is 0 Å². The topological polar surface area (TPSA) is 57.6 Å². The number of carboxylic acids is 1. The van der Waals surface area contributed by atoms with Crippen molar-refractivity contribution in [1.29, 1.82) is 0 Å². The Bertz CT molecular complexity index is 515. The van der Waals surface area contributed by atoms with Crippen molar-refractivity contribution in [2.75, 3.05) is 6.54 Å². The molecular formula is C16H20ClNO3. The van der Waals surface area contributed by atoms with E-state index in [0.29, 0.717) is 36.7 Å². The van der Waals surface area contributed by atoms with Gasteiger partial charge in [0.2, 0.25) is 5.91 Å². The van der Waals surface area contributed by atoms with Crippen LogP contribution in [-0.4, -0.2) is 34.5 Å². The molecule has 0 aromatic heterocycles. The Morgan fingerprint density at radius 1 is 1.33 bits per heavy atom. The number of aryl methyl sites for hydroxylation is 1. The van der Waals surface area contributed by atoms with Crippen LogP contribution in [0, 0.1) is 5.92 Å². The number of rotatable bonds is 4. The largest absolute Gasteiger partial charge is 0.480 e. The summed E-state index contributed by atoms with van der Waals surface area (Å²) in [7, 11) is 0. The molecular weight excluding hydrogens is 290 g/mol. The monoisotopic (exact) mass is 309 g/mol. The number of hydrogen-bond acceptors (Lipinski definition) is 2. The van der Waals surface area contributed by atoms with Crippen molar-refractivity contribution in [2.45, 2.75) is 38.6 Å². The highest BCUT2D eigenvalue weighted by molar-refractivity contribution is 6.30. The lowest BCUT2D eigenvalue weighted by Gasteiger charge is -2.36. The molecule has 1 aromatic rings. The van der Waals surface area contributed by atoms with E-state index in [9.17, 15) is 14.7 Å². The number of likely N-dealkylation sites (tertiary alicyclic amines) is 1. The number of benzene rings is 1. The molecule has 5 heteroatoms. The summed E-state index contributed by atoms with van der Waals surface area (Å²) in [5.74, 6) is -0.628. The predicted octanol–water partition coefficient (Wildman–Crippen LogP) is 2.98. The fourth-order valence-corrected chi connectivity index (χ4v) is 2.85. The molecule has 0 saturated carbocycles. The van der Waals surface area contributed by atoms with Crippen molar-refractivity contribution < 1.29 is 14.7 Å². The summed E-state index contributed by atoms with van der Waals surface area (Å²) >= 11 is 5.82. The van der Waals surface area contributed by atoms with Gasteiger partial charge in [0, 0.05) is 18.0 Å². The fourth-order valence-electron chi connectivity index (χ4n) is 2.72. The molecule has 1 aliphatic heterocycles. The average Bonchev–Trinajstić information content (AvgIpc) is 2.46. The van der Waals surface area contributed by atoms with Gasteiger partial charge in [0.1, 0.15) is 6.04 Å². The first kappa shape index (κ1) is 15.8. The highest BCUT2D eigenvalue weighted by Gasteiger charge is 2.34. The summed E-state index contributed by atoms with van der Waals surface area (Å²) in [6, 6.07) is 6.70. The van der Waals surface area contributed by atoms with Gasteiger partial charge in [-0.1, -0.05) is 30.7 Å². The number of carbonyl (C=O) groups is 2. The molecule has 0 spiro atoms. The van der Waals surface area contributed by atoms with Gasteiger partial charge in [-0.3, -0.25) is 4.79 Å². The molecule has 21 heavy (non-hydrogen) atoms. The second-order valence-corrected chi connectivity index (χ2v) is 6.13. The highest BCUT2D eigenvalue weighted by atomic mass is 35.5. The van der Waals surface area contributed by atoms with Gasteiger partial charge >= 0.3 is 5.97 Å². The summed E-state index contributed by atoms with van der Waals surface area (Å²) in [6.45, 7) is 2.57. The Morgan fingerprint density at radius 3 is 2.62 bits per heavy atom. The number of piperidine rings is 1. The molecule has 2 atom stereocenters. The van der Waals surface area contributed by atoms with Crippen molar-refractivity contribution in [3.05, 3.63) is 34.9 Å². The molecule has 1 fully saturated rings. The predicted molar refractivity (Wildman–Crippen MR) is 81.3 cm³/mol. The quantitative estimate of drug-likeness (QED) is 0.930. The first-order valence-electron chi connectivity index (χ1n) is 7.24. The van der Waals surface area contributed by atoms with Crippen LogP contribution in [0.5, 0.6) is 0 Å². The number of nitrogens with zero attached hydrogens (tertiary/aromatic N) is 1. The third-order valence-electron chi connectivity index (χ3n) is 4.01. The SMILES string of the molecule is CC1CCN(C(=O)CCc2ccc(Cl)cc2)C(C(=O)O)C1. The van der Waals surface area contributed by atoms with E-state index in [-0.39, 0.29) is 5.91 Å². The Balaban J connectivity index is 1.95. The van der Waals surface area contributed by atoms with Crippen molar-refractivity contribution in [1.82, 2.24) is 4.90 Å². The number of hydrogen-bond donors (Lipinski definition) is 1. The maximum absolute atomic E-state index is 12.3. The zero-order valence-corrected chi connectivity index (χ0v) is 12.8. The number of carbonyl (C=O) groups excluding carboxylic acids is 1. The van der Waals surface area contributed by atoms with E-state index in [2.05, 4.69) is 0 Å². The van der Waals surface area contributed by atoms with Gasteiger partial charge < -0.3 is 10.0 Å². The van der Waals surface area contributed by atoms with Gasteiger partial charge in [-0.2, -0.15) is 0 Å². The van der Waals surface area contributed by atoms with E-state index < -0.39 is 12.0 Å². The van der Waals surface area contributed by atoms with Crippen LogP contribution in [0.15, 0.2) is 24.3 Å². The molecule has 1 aromatic carbocycles. The average molecular weight is 310 g/mol. The van der Waals surface area contributed by atoms with Gasteiger partial charge in [0.05, 0.1) is 0 Å². The third-order valence-corrected chi connectivity index (χ3v) is 4.26. The zero-order chi connectivity index (χ0) is 15.4. The van der Waals surface area contributed by atoms with E-state index in [1.54, 1.807) is 12.1 Å². The molecule has 2 unspecified atom stereocenters. The maximum atomic E-state index is 12.3. The van der Waals surface area contributed by atoms with Gasteiger partial charge in [-0.25, -0.2) is 4.79 Å². The Morgan fingerprint density at radius 2 is 2.00 bits per heavy atom. The summed E-state index contributed by atoms with van der Waals surface area (Å²) in [5.41, 5.74) is 1.03. The van der Waals surface area contributed by atoms with E-state index in [1.165, 1.54) is 4.90 Å². The van der Waals surface area contributed by atoms with Gasteiger partial charge in [-0.05, 0) is 42.9 Å². The number of carboxylic acid groups (broad SMARTS) is 1. The molecule has 0 radical (unpaired) electrons. The van der Waals surface area contributed by atoms with Crippen LogP contribution in [-0.2, 0) is 16.0 Å². The Hall–Kier alpha value is -1.55. The molecule has 2 rings (SSSR count). The number of amides is 1. The number of halogens is 1. The fraction of sp³-hybridized carbons (Fsp3) is 0.500. The standard InChI is InChI=1S/C16H20ClNO3/c1-11-8-9-18(14(10-11)16(20)21)15(19)7-4-12-2-5-13(17)6-3-12/h2-3,5-6,11,14H,4,7-10H2,1H3,(H,20,21). The Labute approximate surface area is 129 Å². The molecule has 1 saturated heterocycles. The molecule has 1 heterocycles. The lowest BCUT2D eigenvalue weighted by atomic mass is 9.92. The third kappa shape index (κ3) is 4.21. The van der Waals surface area contributed by atoms with E-state index in [4.69, 9.17) is 11.6 Å². The van der Waals surface area contributed by atoms with E-state index >= 15 is 0 Å². The molecule has 0 bridgehead atoms. The Kier molecular flexibility index (Phi) is 5.23. The molecule has 4 nitrogen and oxygen atoms in total. The normalized spacial score (nSPS) is 22.1. The zero-order valence-electron chi connectivity index (χ0n) is 12.1. The van der Waals surface area contributed by atoms with E-state index in [0.717, 1.165) is 12.0 Å². The first-order valence-corrected chi connectivity index (χ1v) is 7.62. The summed E-state index contributed by atoms with van der Waals surface area (Å²) in [4.78, 5) is 25.1. The smallest absolute Gasteiger partial charge is 0.326 e. The summed E-state index contributed by atoms with van der Waals surface area (Å²) < 4.78 is 0. The van der Waals surface area contributed by atoms with Crippen LogP contribution < -0.4 is 0 Å². The van der Waals surface area contributed by atoms with Crippen molar-refractivity contribution in [2.24, 2.45) is 5.92 Å². The second-order valence-electron chi connectivity index (χ2n) is 5.70. The molecule has 1 aliphatic rings. The molecule has 114 valence electrons. The van der Waals surface area contributed by atoms with Crippen LogP contribution in [0.25, 0.3) is 0 Å². The minimum atomic E-state index is -0.901. The highest BCUT2D eigenvalue weighted by Crippen LogP contribution is 2.23.